The SMILES string of the molecule is Fc1cccc(C(CCl)Cc2ccc(Cl)c(Cl)c2)c1. The van der Waals surface area contributed by atoms with Crippen molar-refractivity contribution in [2.75, 3.05) is 5.88 Å². The Morgan fingerprint density at radius 1 is 1.00 bits per heavy atom. The minimum atomic E-state index is -0.248. The largest absolute Gasteiger partial charge is 0.207 e. The third kappa shape index (κ3) is 3.85. The van der Waals surface area contributed by atoms with Crippen LogP contribution in [0.2, 0.25) is 10.0 Å². The van der Waals surface area contributed by atoms with Crippen LogP contribution >= 0.6 is 34.8 Å². The molecule has 0 fully saturated rings. The molecule has 0 nitrogen and oxygen atoms in total. The molecule has 0 spiro atoms. The Morgan fingerprint density at radius 2 is 1.79 bits per heavy atom. The van der Waals surface area contributed by atoms with Gasteiger partial charge in [-0.25, -0.2) is 4.39 Å². The van der Waals surface area contributed by atoms with E-state index in [0.717, 1.165) is 11.1 Å². The maximum absolute atomic E-state index is 13.2. The average molecular weight is 318 g/mol. The second kappa shape index (κ2) is 6.60. The predicted octanol–water partition coefficient (Wildman–Crippen LogP) is 5.70. The van der Waals surface area contributed by atoms with E-state index in [1.165, 1.54) is 12.1 Å². The summed E-state index contributed by atoms with van der Waals surface area (Å²) in [5.41, 5.74) is 1.92. The molecule has 0 aliphatic heterocycles. The topological polar surface area (TPSA) is 0 Å². The van der Waals surface area contributed by atoms with Gasteiger partial charge in [0.05, 0.1) is 10.0 Å². The van der Waals surface area contributed by atoms with Gasteiger partial charge >= 0.3 is 0 Å². The van der Waals surface area contributed by atoms with E-state index in [4.69, 9.17) is 34.8 Å². The van der Waals surface area contributed by atoms with E-state index >= 15 is 0 Å². The monoisotopic (exact) mass is 316 g/mol. The van der Waals surface area contributed by atoms with Gasteiger partial charge < -0.3 is 0 Å². The van der Waals surface area contributed by atoms with E-state index in [1.807, 2.05) is 18.2 Å². The fourth-order valence-electron chi connectivity index (χ4n) is 1.97. The first kappa shape index (κ1) is 14.6. The molecular weight excluding hydrogens is 306 g/mol. The molecule has 0 heterocycles. The molecule has 0 aromatic heterocycles. The Bertz CT molecular complexity index is 569. The molecule has 0 N–H and O–H groups in total. The van der Waals surface area contributed by atoms with Gasteiger partial charge in [0.1, 0.15) is 5.82 Å². The van der Waals surface area contributed by atoms with Crippen molar-refractivity contribution in [1.82, 2.24) is 0 Å². The van der Waals surface area contributed by atoms with Crippen molar-refractivity contribution in [2.24, 2.45) is 0 Å². The molecule has 0 radical (unpaired) electrons. The maximum atomic E-state index is 13.2. The average Bonchev–Trinajstić information content (AvgIpc) is 2.40. The summed E-state index contributed by atoms with van der Waals surface area (Å²) in [5, 5.41) is 1.05. The molecular formula is C15H12Cl3F. The van der Waals surface area contributed by atoms with Crippen LogP contribution in [0.25, 0.3) is 0 Å². The highest BCUT2D eigenvalue weighted by Crippen LogP contribution is 2.27. The first-order valence-electron chi connectivity index (χ1n) is 5.85. The molecule has 2 rings (SSSR count). The van der Waals surface area contributed by atoms with E-state index < -0.39 is 0 Å². The highest BCUT2D eigenvalue weighted by atomic mass is 35.5. The van der Waals surface area contributed by atoms with Gasteiger partial charge in [0.25, 0.3) is 0 Å². The van der Waals surface area contributed by atoms with E-state index in [0.29, 0.717) is 22.3 Å². The molecule has 4 heteroatoms. The lowest BCUT2D eigenvalue weighted by atomic mass is 9.93. The van der Waals surface area contributed by atoms with E-state index in [-0.39, 0.29) is 11.7 Å². The van der Waals surface area contributed by atoms with Crippen molar-refractivity contribution in [3.63, 3.8) is 0 Å². The summed E-state index contributed by atoms with van der Waals surface area (Å²) in [6.07, 6.45) is 0.698. The second-order valence-electron chi connectivity index (χ2n) is 4.36. The summed E-state index contributed by atoms with van der Waals surface area (Å²) in [7, 11) is 0. The molecule has 1 atom stereocenters. The summed E-state index contributed by atoms with van der Waals surface area (Å²) in [5.74, 6) is 0.223. The third-order valence-electron chi connectivity index (χ3n) is 2.97. The number of hydrogen-bond donors (Lipinski definition) is 0. The molecule has 0 bridgehead atoms. The standard InChI is InChI=1S/C15H12Cl3F/c16-9-12(11-2-1-3-13(19)8-11)6-10-4-5-14(17)15(18)7-10/h1-5,7-8,12H,6,9H2. The molecule has 0 aliphatic carbocycles. The van der Waals surface area contributed by atoms with Crippen molar-refractivity contribution in [1.29, 1.82) is 0 Å². The molecule has 2 aromatic rings. The van der Waals surface area contributed by atoms with Crippen molar-refractivity contribution < 1.29 is 4.39 Å². The zero-order valence-electron chi connectivity index (χ0n) is 10.0. The number of hydrogen-bond acceptors (Lipinski definition) is 0. The molecule has 1 unspecified atom stereocenters. The van der Waals surface area contributed by atoms with Gasteiger partial charge in [0, 0.05) is 11.8 Å². The van der Waals surface area contributed by atoms with Crippen LogP contribution in [0.3, 0.4) is 0 Å². The third-order valence-corrected chi connectivity index (χ3v) is 4.08. The molecule has 100 valence electrons. The fourth-order valence-corrected chi connectivity index (χ4v) is 2.58. The Hall–Kier alpha value is -0.760. The number of rotatable bonds is 4. The van der Waals surface area contributed by atoms with Crippen molar-refractivity contribution in [2.45, 2.75) is 12.3 Å². The summed E-state index contributed by atoms with van der Waals surface area (Å²) in [6, 6.07) is 12.0. The van der Waals surface area contributed by atoms with Gasteiger partial charge in [-0.3, -0.25) is 0 Å². The molecule has 0 saturated heterocycles. The second-order valence-corrected chi connectivity index (χ2v) is 5.48. The predicted molar refractivity (Wildman–Crippen MR) is 80.0 cm³/mol. The van der Waals surface area contributed by atoms with Gasteiger partial charge in [-0.1, -0.05) is 41.4 Å². The number of halogens is 4. The van der Waals surface area contributed by atoms with Crippen LogP contribution in [0.5, 0.6) is 0 Å². The molecule has 0 amide bonds. The van der Waals surface area contributed by atoms with Gasteiger partial charge in [-0.2, -0.15) is 0 Å². The maximum Gasteiger partial charge on any atom is 0.123 e. The smallest absolute Gasteiger partial charge is 0.123 e. The zero-order valence-corrected chi connectivity index (χ0v) is 12.3. The lowest BCUT2D eigenvalue weighted by Gasteiger charge is -2.15. The normalized spacial score (nSPS) is 12.4. The highest BCUT2D eigenvalue weighted by molar-refractivity contribution is 6.42. The summed E-state index contributed by atoms with van der Waals surface area (Å²) in [6.45, 7) is 0. The molecule has 0 aliphatic rings. The summed E-state index contributed by atoms with van der Waals surface area (Å²) >= 11 is 17.9. The number of alkyl halides is 1. The van der Waals surface area contributed by atoms with Gasteiger partial charge in [-0.05, 0) is 41.8 Å². The van der Waals surface area contributed by atoms with Crippen LogP contribution in [0, 0.1) is 5.82 Å². The van der Waals surface area contributed by atoms with Gasteiger partial charge in [-0.15, -0.1) is 11.6 Å². The van der Waals surface area contributed by atoms with Crippen molar-refractivity contribution in [3.05, 3.63) is 69.5 Å². The number of benzene rings is 2. The van der Waals surface area contributed by atoms with Crippen LogP contribution in [0.4, 0.5) is 4.39 Å². The molecule has 2 aromatic carbocycles. The Balaban J connectivity index is 2.21. The summed E-state index contributed by atoms with van der Waals surface area (Å²) in [4.78, 5) is 0. The first-order valence-corrected chi connectivity index (χ1v) is 7.14. The lowest BCUT2D eigenvalue weighted by molar-refractivity contribution is 0.621. The molecule has 0 saturated carbocycles. The minimum absolute atomic E-state index is 0.0506. The fraction of sp³-hybridized carbons (Fsp3) is 0.200. The zero-order chi connectivity index (χ0) is 13.8. The first-order chi connectivity index (χ1) is 9.10. The van der Waals surface area contributed by atoms with Crippen LogP contribution in [-0.2, 0) is 6.42 Å². The highest BCUT2D eigenvalue weighted by Gasteiger charge is 2.13. The van der Waals surface area contributed by atoms with Gasteiger partial charge in [0.15, 0.2) is 0 Å². The summed E-state index contributed by atoms with van der Waals surface area (Å²) < 4.78 is 13.2. The van der Waals surface area contributed by atoms with Crippen molar-refractivity contribution in [3.8, 4) is 0 Å². The van der Waals surface area contributed by atoms with Crippen LogP contribution in [0.1, 0.15) is 17.0 Å². The van der Waals surface area contributed by atoms with Crippen LogP contribution in [-0.4, -0.2) is 5.88 Å². The van der Waals surface area contributed by atoms with Crippen molar-refractivity contribution >= 4 is 34.8 Å². The van der Waals surface area contributed by atoms with E-state index in [1.54, 1.807) is 12.1 Å². The quantitative estimate of drug-likeness (QED) is 0.635. The Kier molecular flexibility index (Phi) is 5.09. The van der Waals surface area contributed by atoms with E-state index in [2.05, 4.69) is 0 Å². The lowest BCUT2D eigenvalue weighted by Crippen LogP contribution is -2.05. The Morgan fingerprint density at radius 3 is 2.42 bits per heavy atom. The van der Waals surface area contributed by atoms with Crippen LogP contribution in [0.15, 0.2) is 42.5 Å². The van der Waals surface area contributed by atoms with E-state index in [9.17, 15) is 4.39 Å². The Labute approximate surface area is 127 Å². The van der Waals surface area contributed by atoms with Gasteiger partial charge in [0.2, 0.25) is 0 Å². The minimum Gasteiger partial charge on any atom is -0.207 e. The van der Waals surface area contributed by atoms with Crippen LogP contribution < -0.4 is 0 Å². The molecule has 19 heavy (non-hydrogen) atoms.